The number of hydrogen-bond donors (Lipinski definition) is 1. The summed E-state index contributed by atoms with van der Waals surface area (Å²) in [5, 5.41) is 3.00. The van der Waals surface area contributed by atoms with E-state index in [1.54, 1.807) is 24.4 Å². The molecule has 1 aliphatic rings. The SMILES string of the molecule is COc1ccc(C(=O)n2cc(C3=CC(=O)NC3=O)c3cc(Cc4ccccc4)ccc32)cc1OC. The van der Waals surface area contributed by atoms with E-state index in [2.05, 4.69) is 5.32 Å². The zero-order chi connectivity index (χ0) is 24.5. The maximum absolute atomic E-state index is 13.6. The van der Waals surface area contributed by atoms with Gasteiger partial charge in [-0.05, 0) is 47.9 Å². The van der Waals surface area contributed by atoms with Crippen molar-refractivity contribution >= 4 is 34.2 Å². The molecule has 0 bridgehead atoms. The largest absolute Gasteiger partial charge is 0.493 e. The van der Waals surface area contributed by atoms with Crippen LogP contribution in [0.25, 0.3) is 16.5 Å². The number of ether oxygens (including phenoxy) is 2. The molecule has 0 aliphatic carbocycles. The number of fused-ring (bicyclic) bond motifs is 1. The normalized spacial score (nSPS) is 13.0. The van der Waals surface area contributed by atoms with Gasteiger partial charge in [0.1, 0.15) is 0 Å². The number of hydrogen-bond acceptors (Lipinski definition) is 5. The van der Waals surface area contributed by atoms with Crippen LogP contribution in [0.1, 0.15) is 27.0 Å². The van der Waals surface area contributed by atoms with Crippen molar-refractivity contribution in [1.82, 2.24) is 9.88 Å². The van der Waals surface area contributed by atoms with Crippen molar-refractivity contribution < 1.29 is 23.9 Å². The van der Waals surface area contributed by atoms with Gasteiger partial charge < -0.3 is 9.47 Å². The van der Waals surface area contributed by atoms with Crippen molar-refractivity contribution in [3.05, 3.63) is 101 Å². The van der Waals surface area contributed by atoms with Crippen LogP contribution in [0.3, 0.4) is 0 Å². The molecule has 0 atom stereocenters. The summed E-state index contributed by atoms with van der Waals surface area (Å²) in [6.45, 7) is 0. The highest BCUT2D eigenvalue weighted by Crippen LogP contribution is 2.33. The summed E-state index contributed by atoms with van der Waals surface area (Å²) in [6, 6.07) is 20.8. The Bertz CT molecular complexity index is 1520. The van der Waals surface area contributed by atoms with E-state index >= 15 is 0 Å². The molecule has 5 rings (SSSR count). The van der Waals surface area contributed by atoms with Gasteiger partial charge in [0.05, 0.1) is 25.3 Å². The number of methoxy groups -OCH3 is 2. The van der Waals surface area contributed by atoms with Crippen LogP contribution in [0.4, 0.5) is 0 Å². The van der Waals surface area contributed by atoms with Gasteiger partial charge in [-0.3, -0.25) is 24.3 Å². The minimum atomic E-state index is -0.485. The fourth-order valence-electron chi connectivity index (χ4n) is 4.32. The van der Waals surface area contributed by atoms with Gasteiger partial charge in [-0.1, -0.05) is 36.4 Å². The van der Waals surface area contributed by atoms with Gasteiger partial charge in [0.25, 0.3) is 17.7 Å². The zero-order valence-corrected chi connectivity index (χ0v) is 19.2. The molecular weight excluding hydrogens is 444 g/mol. The summed E-state index contributed by atoms with van der Waals surface area (Å²) in [7, 11) is 3.03. The van der Waals surface area contributed by atoms with E-state index in [1.165, 1.54) is 24.9 Å². The molecule has 35 heavy (non-hydrogen) atoms. The first-order valence-corrected chi connectivity index (χ1v) is 11.0. The van der Waals surface area contributed by atoms with Crippen LogP contribution in [0, 0.1) is 0 Å². The summed E-state index contributed by atoms with van der Waals surface area (Å²) in [5.41, 5.74) is 3.93. The molecular formula is C28H22N2O5. The monoisotopic (exact) mass is 466 g/mol. The lowest BCUT2D eigenvalue weighted by molar-refractivity contribution is -0.123. The lowest BCUT2D eigenvalue weighted by Crippen LogP contribution is -2.21. The molecule has 7 nitrogen and oxygen atoms in total. The number of benzene rings is 3. The van der Waals surface area contributed by atoms with Gasteiger partial charge in [0.15, 0.2) is 11.5 Å². The number of rotatable bonds is 6. The van der Waals surface area contributed by atoms with E-state index in [0.717, 1.165) is 11.1 Å². The third-order valence-electron chi connectivity index (χ3n) is 6.02. The number of nitrogens with one attached hydrogen (secondary N) is 1. The standard InChI is InChI=1S/C28H22N2O5/c1-34-24-11-9-19(14-25(24)35-2)28(33)30-16-22(21-15-26(31)29-27(21)32)20-13-18(8-10-23(20)30)12-17-6-4-3-5-7-17/h3-11,13-16H,12H2,1-2H3,(H,29,31,32). The maximum Gasteiger partial charge on any atom is 0.262 e. The van der Waals surface area contributed by atoms with E-state index in [9.17, 15) is 14.4 Å². The number of imide groups is 1. The van der Waals surface area contributed by atoms with Gasteiger partial charge >= 0.3 is 0 Å². The van der Waals surface area contributed by atoms with Crippen LogP contribution >= 0.6 is 0 Å². The summed E-state index contributed by atoms with van der Waals surface area (Å²) >= 11 is 0. The topological polar surface area (TPSA) is 86.6 Å². The average Bonchev–Trinajstić information content (AvgIpc) is 3.42. The Labute approximate surface area is 201 Å². The van der Waals surface area contributed by atoms with Gasteiger partial charge in [0, 0.05) is 28.8 Å². The van der Waals surface area contributed by atoms with Crippen LogP contribution < -0.4 is 14.8 Å². The quantitative estimate of drug-likeness (QED) is 0.435. The predicted octanol–water partition coefficient (Wildman–Crippen LogP) is 3.98. The van der Waals surface area contributed by atoms with Gasteiger partial charge in [-0.25, -0.2) is 0 Å². The number of amides is 2. The summed E-state index contributed by atoms with van der Waals surface area (Å²) in [4.78, 5) is 37.9. The third kappa shape index (κ3) is 4.08. The first-order valence-electron chi connectivity index (χ1n) is 11.0. The molecule has 1 aromatic heterocycles. The van der Waals surface area contributed by atoms with Crippen molar-refractivity contribution in [2.45, 2.75) is 6.42 Å². The molecule has 0 spiro atoms. The lowest BCUT2D eigenvalue weighted by atomic mass is 10.00. The highest BCUT2D eigenvalue weighted by Gasteiger charge is 2.27. The van der Waals surface area contributed by atoms with Crippen molar-refractivity contribution in [1.29, 1.82) is 0 Å². The van der Waals surface area contributed by atoms with E-state index < -0.39 is 11.8 Å². The summed E-state index contributed by atoms with van der Waals surface area (Å²) in [6.07, 6.45) is 3.57. The summed E-state index contributed by atoms with van der Waals surface area (Å²) < 4.78 is 12.1. The fraction of sp³-hybridized carbons (Fsp3) is 0.107. The van der Waals surface area contributed by atoms with Gasteiger partial charge in [-0.15, -0.1) is 0 Å². The molecule has 1 aliphatic heterocycles. The van der Waals surface area contributed by atoms with Crippen molar-refractivity contribution in [2.75, 3.05) is 14.2 Å². The van der Waals surface area contributed by atoms with Gasteiger partial charge in [-0.2, -0.15) is 0 Å². The number of nitrogens with zero attached hydrogens (tertiary/aromatic N) is 1. The zero-order valence-electron chi connectivity index (χ0n) is 19.2. The molecule has 174 valence electrons. The predicted molar refractivity (Wildman–Crippen MR) is 132 cm³/mol. The average molecular weight is 466 g/mol. The Kier molecular flexibility index (Phi) is 5.66. The molecule has 3 aromatic carbocycles. The molecule has 0 fully saturated rings. The smallest absolute Gasteiger partial charge is 0.262 e. The molecule has 1 N–H and O–H groups in total. The highest BCUT2D eigenvalue weighted by molar-refractivity contribution is 6.35. The van der Waals surface area contributed by atoms with E-state index in [4.69, 9.17) is 9.47 Å². The Morgan fingerprint density at radius 1 is 0.886 bits per heavy atom. The molecule has 0 unspecified atom stereocenters. The first-order chi connectivity index (χ1) is 17.0. The number of carbonyl (C=O) groups excluding carboxylic acids is 3. The molecule has 7 heteroatoms. The van der Waals surface area contributed by atoms with E-state index in [1.807, 2.05) is 48.5 Å². The molecule has 0 radical (unpaired) electrons. The molecule has 0 saturated heterocycles. The van der Waals surface area contributed by atoms with Crippen LogP contribution in [-0.2, 0) is 16.0 Å². The van der Waals surface area contributed by atoms with Crippen LogP contribution in [0.2, 0.25) is 0 Å². The third-order valence-corrected chi connectivity index (χ3v) is 6.02. The number of carbonyl (C=O) groups is 3. The minimum Gasteiger partial charge on any atom is -0.493 e. The Morgan fingerprint density at radius 2 is 1.66 bits per heavy atom. The highest BCUT2D eigenvalue weighted by atomic mass is 16.5. The Balaban J connectivity index is 1.64. The second-order valence-corrected chi connectivity index (χ2v) is 8.18. The maximum atomic E-state index is 13.6. The van der Waals surface area contributed by atoms with E-state index in [-0.39, 0.29) is 11.5 Å². The van der Waals surface area contributed by atoms with Crippen molar-refractivity contribution in [2.24, 2.45) is 0 Å². The lowest BCUT2D eigenvalue weighted by Gasteiger charge is -2.10. The second-order valence-electron chi connectivity index (χ2n) is 8.18. The van der Waals surface area contributed by atoms with E-state index in [0.29, 0.717) is 39.9 Å². The molecule has 4 aromatic rings. The minimum absolute atomic E-state index is 0.232. The molecule has 0 saturated carbocycles. The Hall–Kier alpha value is -4.65. The van der Waals surface area contributed by atoms with Gasteiger partial charge in [0.2, 0.25) is 0 Å². The van der Waals surface area contributed by atoms with Crippen LogP contribution in [0.5, 0.6) is 11.5 Å². The summed E-state index contributed by atoms with van der Waals surface area (Å²) in [5.74, 6) is -0.315. The second kappa shape index (κ2) is 8.95. The fourth-order valence-corrected chi connectivity index (χ4v) is 4.32. The number of aromatic nitrogens is 1. The molecule has 2 heterocycles. The van der Waals surface area contributed by atoms with Crippen molar-refractivity contribution in [3.63, 3.8) is 0 Å². The first kappa shape index (κ1) is 22.2. The molecule has 2 amide bonds. The van der Waals surface area contributed by atoms with Crippen LogP contribution in [-0.4, -0.2) is 36.5 Å². The van der Waals surface area contributed by atoms with Crippen LogP contribution in [0.15, 0.2) is 79.0 Å². The van der Waals surface area contributed by atoms with Crippen molar-refractivity contribution in [3.8, 4) is 11.5 Å². The Morgan fingerprint density at radius 3 is 2.34 bits per heavy atom.